The van der Waals surface area contributed by atoms with Crippen molar-refractivity contribution in [3.05, 3.63) is 53.6 Å². The molecule has 2 aromatic carbocycles. The van der Waals surface area contributed by atoms with Gasteiger partial charge in [-0.2, -0.15) is 0 Å². The molecule has 4 nitrogen and oxygen atoms in total. The van der Waals surface area contributed by atoms with Crippen molar-refractivity contribution in [3.63, 3.8) is 0 Å². The normalized spacial score (nSPS) is 10.1. The Morgan fingerprint density at radius 2 is 1.77 bits per heavy atom. The minimum absolute atomic E-state index is 0.0404. The first-order chi connectivity index (χ1) is 10.6. The van der Waals surface area contributed by atoms with E-state index in [-0.39, 0.29) is 5.91 Å². The fraction of sp³-hybridized carbons (Fsp3) is 0.278. The van der Waals surface area contributed by atoms with E-state index < -0.39 is 0 Å². The number of carbonyl (C=O) groups excluding carboxylic acids is 1. The summed E-state index contributed by atoms with van der Waals surface area (Å²) >= 11 is 0. The van der Waals surface area contributed by atoms with E-state index in [0.717, 1.165) is 5.69 Å². The maximum absolute atomic E-state index is 12.0. The van der Waals surface area contributed by atoms with Crippen LogP contribution in [0.25, 0.3) is 0 Å². The van der Waals surface area contributed by atoms with E-state index in [0.29, 0.717) is 24.4 Å². The summed E-state index contributed by atoms with van der Waals surface area (Å²) in [5.41, 5.74) is 4.16. The molecule has 1 amide bonds. The minimum atomic E-state index is -0.0404. The zero-order valence-electron chi connectivity index (χ0n) is 13.3. The fourth-order valence-corrected chi connectivity index (χ4v) is 2.36. The number of benzene rings is 2. The third kappa shape index (κ3) is 4.52. The molecule has 0 bridgehead atoms. The average Bonchev–Trinajstić information content (AvgIpc) is 2.46. The molecule has 0 aliphatic carbocycles. The summed E-state index contributed by atoms with van der Waals surface area (Å²) in [4.78, 5) is 12.0. The van der Waals surface area contributed by atoms with Crippen LogP contribution in [0.5, 0.6) is 5.75 Å². The highest BCUT2D eigenvalue weighted by molar-refractivity contribution is 5.92. The van der Waals surface area contributed by atoms with Crippen LogP contribution in [0.2, 0.25) is 0 Å². The summed E-state index contributed by atoms with van der Waals surface area (Å²) in [5.74, 6) is 0.625. The first kappa shape index (κ1) is 15.9. The van der Waals surface area contributed by atoms with Gasteiger partial charge in [0.2, 0.25) is 5.91 Å². The van der Waals surface area contributed by atoms with Crippen LogP contribution < -0.4 is 15.4 Å². The zero-order chi connectivity index (χ0) is 15.9. The van der Waals surface area contributed by atoms with Crippen LogP contribution in [-0.2, 0) is 4.79 Å². The third-order valence-electron chi connectivity index (χ3n) is 3.28. The number of amides is 1. The summed E-state index contributed by atoms with van der Waals surface area (Å²) in [5, 5.41) is 6.15. The Hall–Kier alpha value is -2.49. The highest BCUT2D eigenvalue weighted by atomic mass is 16.5. The highest BCUT2D eigenvalue weighted by Gasteiger charge is 2.06. The van der Waals surface area contributed by atoms with Crippen LogP contribution in [0.15, 0.2) is 42.5 Å². The van der Waals surface area contributed by atoms with Crippen molar-refractivity contribution in [2.75, 3.05) is 24.3 Å². The number of hydrogen-bond acceptors (Lipinski definition) is 3. The Kier molecular flexibility index (Phi) is 5.42. The van der Waals surface area contributed by atoms with Gasteiger partial charge in [-0.1, -0.05) is 18.2 Å². The summed E-state index contributed by atoms with van der Waals surface area (Å²) in [7, 11) is 1.59. The molecule has 2 aromatic rings. The van der Waals surface area contributed by atoms with Gasteiger partial charge in [0.05, 0.1) is 12.8 Å². The lowest BCUT2D eigenvalue weighted by Crippen LogP contribution is -2.16. The van der Waals surface area contributed by atoms with Crippen molar-refractivity contribution >= 4 is 17.3 Å². The van der Waals surface area contributed by atoms with Crippen molar-refractivity contribution < 1.29 is 9.53 Å². The van der Waals surface area contributed by atoms with Crippen molar-refractivity contribution in [2.24, 2.45) is 0 Å². The number of methoxy groups -OCH3 is 1. The first-order valence-electron chi connectivity index (χ1n) is 7.33. The lowest BCUT2D eigenvalue weighted by Gasteiger charge is -2.11. The van der Waals surface area contributed by atoms with E-state index in [2.05, 4.69) is 42.7 Å². The molecule has 0 unspecified atom stereocenters. The number of hydrogen-bond donors (Lipinski definition) is 2. The summed E-state index contributed by atoms with van der Waals surface area (Å²) in [6.45, 7) is 4.71. The van der Waals surface area contributed by atoms with E-state index >= 15 is 0 Å². The van der Waals surface area contributed by atoms with Crippen LogP contribution in [0, 0.1) is 13.8 Å². The fourth-order valence-electron chi connectivity index (χ4n) is 2.36. The molecule has 0 atom stereocenters. The SMILES string of the molecule is COc1ccccc1NC(=O)CCNc1cc(C)cc(C)c1. The Balaban J connectivity index is 1.85. The quantitative estimate of drug-likeness (QED) is 0.854. The van der Waals surface area contributed by atoms with E-state index in [4.69, 9.17) is 4.74 Å². The smallest absolute Gasteiger partial charge is 0.226 e. The van der Waals surface area contributed by atoms with Crippen LogP contribution in [-0.4, -0.2) is 19.6 Å². The zero-order valence-corrected chi connectivity index (χ0v) is 13.3. The van der Waals surface area contributed by atoms with Crippen molar-refractivity contribution in [3.8, 4) is 5.75 Å². The number of anilines is 2. The molecule has 0 heterocycles. The van der Waals surface area contributed by atoms with Gasteiger partial charge in [-0.3, -0.25) is 4.79 Å². The number of para-hydroxylation sites is 2. The topological polar surface area (TPSA) is 50.4 Å². The van der Waals surface area contributed by atoms with Gasteiger partial charge < -0.3 is 15.4 Å². The molecular weight excluding hydrogens is 276 g/mol. The van der Waals surface area contributed by atoms with Gasteiger partial charge >= 0.3 is 0 Å². The Labute approximate surface area is 131 Å². The number of rotatable bonds is 6. The minimum Gasteiger partial charge on any atom is -0.495 e. The summed E-state index contributed by atoms with van der Waals surface area (Å²) < 4.78 is 5.22. The molecule has 2 N–H and O–H groups in total. The number of aryl methyl sites for hydroxylation is 2. The second kappa shape index (κ2) is 7.50. The summed E-state index contributed by atoms with van der Waals surface area (Å²) in [6.07, 6.45) is 0.394. The maximum atomic E-state index is 12.0. The van der Waals surface area contributed by atoms with Crippen LogP contribution in [0.3, 0.4) is 0 Å². The predicted octanol–water partition coefficient (Wildman–Crippen LogP) is 3.75. The number of carbonyl (C=O) groups is 1. The van der Waals surface area contributed by atoms with Crippen LogP contribution in [0.4, 0.5) is 11.4 Å². The Morgan fingerprint density at radius 3 is 2.45 bits per heavy atom. The molecule has 4 heteroatoms. The van der Waals surface area contributed by atoms with Gasteiger partial charge in [-0.15, -0.1) is 0 Å². The van der Waals surface area contributed by atoms with Crippen LogP contribution in [0.1, 0.15) is 17.5 Å². The average molecular weight is 298 g/mol. The van der Waals surface area contributed by atoms with Gasteiger partial charge in [-0.25, -0.2) is 0 Å². The molecule has 0 saturated heterocycles. The van der Waals surface area contributed by atoms with Gasteiger partial charge in [0.15, 0.2) is 0 Å². The largest absolute Gasteiger partial charge is 0.495 e. The molecule has 0 aliphatic rings. The molecule has 0 spiro atoms. The second-order valence-electron chi connectivity index (χ2n) is 5.30. The molecular formula is C18H22N2O2. The van der Waals surface area contributed by atoms with Crippen molar-refractivity contribution in [1.29, 1.82) is 0 Å². The van der Waals surface area contributed by atoms with Crippen molar-refractivity contribution in [1.82, 2.24) is 0 Å². The number of ether oxygens (including phenoxy) is 1. The van der Waals surface area contributed by atoms with E-state index in [1.54, 1.807) is 7.11 Å². The first-order valence-corrected chi connectivity index (χ1v) is 7.33. The molecule has 0 saturated carbocycles. The lowest BCUT2D eigenvalue weighted by atomic mass is 10.1. The molecule has 0 fully saturated rings. The molecule has 116 valence electrons. The van der Waals surface area contributed by atoms with E-state index in [9.17, 15) is 4.79 Å². The van der Waals surface area contributed by atoms with Gasteiger partial charge in [-0.05, 0) is 49.2 Å². The highest BCUT2D eigenvalue weighted by Crippen LogP contribution is 2.23. The Bertz CT molecular complexity index is 633. The molecule has 0 radical (unpaired) electrons. The standard InChI is InChI=1S/C18H22N2O2/c1-13-10-14(2)12-15(11-13)19-9-8-18(21)20-16-6-4-5-7-17(16)22-3/h4-7,10-12,19H,8-9H2,1-3H3,(H,20,21). The maximum Gasteiger partial charge on any atom is 0.226 e. The van der Waals surface area contributed by atoms with Gasteiger partial charge in [0.1, 0.15) is 5.75 Å². The molecule has 2 rings (SSSR count). The van der Waals surface area contributed by atoms with Gasteiger partial charge in [0.25, 0.3) is 0 Å². The lowest BCUT2D eigenvalue weighted by molar-refractivity contribution is -0.115. The van der Waals surface area contributed by atoms with Gasteiger partial charge in [0, 0.05) is 18.7 Å². The second-order valence-corrected chi connectivity index (χ2v) is 5.30. The molecule has 0 aromatic heterocycles. The van der Waals surface area contributed by atoms with E-state index in [1.165, 1.54) is 11.1 Å². The van der Waals surface area contributed by atoms with Crippen molar-refractivity contribution in [2.45, 2.75) is 20.3 Å². The Morgan fingerprint density at radius 1 is 1.09 bits per heavy atom. The molecule has 22 heavy (non-hydrogen) atoms. The number of nitrogens with one attached hydrogen (secondary N) is 2. The predicted molar refractivity (Wildman–Crippen MR) is 90.6 cm³/mol. The van der Waals surface area contributed by atoms with Crippen LogP contribution >= 0.6 is 0 Å². The summed E-state index contributed by atoms with van der Waals surface area (Å²) in [6, 6.07) is 13.7. The third-order valence-corrected chi connectivity index (χ3v) is 3.28. The molecule has 0 aliphatic heterocycles. The monoisotopic (exact) mass is 298 g/mol. The van der Waals surface area contributed by atoms with E-state index in [1.807, 2.05) is 24.3 Å².